The molecule has 2 heterocycles. The fourth-order valence-electron chi connectivity index (χ4n) is 2.95. The summed E-state index contributed by atoms with van der Waals surface area (Å²) >= 11 is 0. The van der Waals surface area contributed by atoms with Gasteiger partial charge in [-0.25, -0.2) is 4.98 Å². The predicted molar refractivity (Wildman–Crippen MR) is 85.3 cm³/mol. The molecule has 5 nitrogen and oxygen atoms in total. The molecule has 1 aromatic heterocycles. The number of nitrogens with zero attached hydrogens (tertiary/aromatic N) is 3. The van der Waals surface area contributed by atoms with E-state index in [0.29, 0.717) is 6.54 Å². The zero-order valence-electron chi connectivity index (χ0n) is 12.9. The molecule has 5 heteroatoms. The van der Waals surface area contributed by atoms with Gasteiger partial charge in [-0.05, 0) is 19.0 Å². The summed E-state index contributed by atoms with van der Waals surface area (Å²) in [6, 6.07) is 10.4. The van der Waals surface area contributed by atoms with E-state index in [-0.39, 0.29) is 11.9 Å². The van der Waals surface area contributed by atoms with Gasteiger partial charge in [0.1, 0.15) is 5.82 Å². The Kier molecular flexibility index (Phi) is 4.53. The van der Waals surface area contributed by atoms with Gasteiger partial charge in [0.05, 0.1) is 6.54 Å². The molecule has 0 saturated heterocycles. The molecule has 0 unspecified atom stereocenters. The van der Waals surface area contributed by atoms with E-state index in [9.17, 15) is 4.79 Å². The zero-order chi connectivity index (χ0) is 15.4. The van der Waals surface area contributed by atoms with Crippen molar-refractivity contribution in [2.24, 2.45) is 0 Å². The van der Waals surface area contributed by atoms with Gasteiger partial charge in [-0.2, -0.15) is 0 Å². The Morgan fingerprint density at radius 2 is 2.23 bits per heavy atom. The maximum absolute atomic E-state index is 12.2. The lowest BCUT2D eigenvalue weighted by Gasteiger charge is -2.26. The topological polar surface area (TPSA) is 50.2 Å². The highest BCUT2D eigenvalue weighted by molar-refractivity contribution is 5.78. The first kappa shape index (κ1) is 14.8. The zero-order valence-corrected chi connectivity index (χ0v) is 12.9. The third kappa shape index (κ3) is 3.74. The van der Waals surface area contributed by atoms with E-state index in [0.717, 1.165) is 31.8 Å². The lowest BCUT2D eigenvalue weighted by atomic mass is 10.1. The SMILES string of the molecule is CN(CC(=O)N[C@@H]1CCc2nccn2C1)Cc1ccccc1. The first-order valence-electron chi connectivity index (χ1n) is 7.72. The van der Waals surface area contributed by atoms with Gasteiger partial charge >= 0.3 is 0 Å². The summed E-state index contributed by atoms with van der Waals surface area (Å²) in [4.78, 5) is 18.5. The Hall–Kier alpha value is -2.14. The minimum absolute atomic E-state index is 0.0898. The van der Waals surface area contributed by atoms with Crippen molar-refractivity contribution < 1.29 is 4.79 Å². The molecule has 22 heavy (non-hydrogen) atoms. The van der Waals surface area contributed by atoms with Crippen molar-refractivity contribution >= 4 is 5.91 Å². The average Bonchev–Trinajstić information content (AvgIpc) is 2.95. The molecule has 116 valence electrons. The van der Waals surface area contributed by atoms with Crippen LogP contribution in [-0.4, -0.2) is 40.0 Å². The molecule has 3 rings (SSSR count). The third-order valence-corrected chi connectivity index (χ3v) is 4.01. The molecule has 0 aliphatic carbocycles. The number of nitrogens with one attached hydrogen (secondary N) is 1. The fraction of sp³-hybridized carbons (Fsp3) is 0.412. The molecular formula is C17H22N4O. The smallest absolute Gasteiger partial charge is 0.234 e. The van der Waals surface area contributed by atoms with E-state index in [1.54, 1.807) is 0 Å². The summed E-state index contributed by atoms with van der Waals surface area (Å²) in [5, 5.41) is 3.14. The maximum Gasteiger partial charge on any atom is 0.234 e. The van der Waals surface area contributed by atoms with Gasteiger partial charge in [0.15, 0.2) is 0 Å². The summed E-state index contributed by atoms with van der Waals surface area (Å²) < 4.78 is 2.13. The number of carbonyl (C=O) groups is 1. The first-order chi connectivity index (χ1) is 10.7. The normalized spacial score (nSPS) is 17.3. The van der Waals surface area contributed by atoms with Gasteiger partial charge in [0, 0.05) is 37.9 Å². The largest absolute Gasteiger partial charge is 0.350 e. The van der Waals surface area contributed by atoms with Crippen LogP contribution < -0.4 is 5.32 Å². The molecule has 0 fully saturated rings. The molecule has 2 aromatic rings. The van der Waals surface area contributed by atoms with Crippen LogP contribution in [0.4, 0.5) is 0 Å². The van der Waals surface area contributed by atoms with E-state index < -0.39 is 0 Å². The first-order valence-corrected chi connectivity index (χ1v) is 7.72. The number of likely N-dealkylation sites (N-methyl/N-ethyl adjacent to an activating group) is 1. The number of amides is 1. The van der Waals surface area contributed by atoms with Crippen LogP contribution in [0.15, 0.2) is 42.7 Å². The van der Waals surface area contributed by atoms with Crippen LogP contribution in [0.2, 0.25) is 0 Å². The van der Waals surface area contributed by atoms with Crippen LogP contribution in [0.1, 0.15) is 17.8 Å². The predicted octanol–water partition coefficient (Wildman–Crippen LogP) is 1.45. The molecule has 1 aromatic carbocycles. The number of aryl methyl sites for hydroxylation is 1. The van der Waals surface area contributed by atoms with Crippen molar-refractivity contribution in [3.05, 3.63) is 54.1 Å². The number of rotatable bonds is 5. The number of imidazole rings is 1. The highest BCUT2D eigenvalue weighted by Crippen LogP contribution is 2.13. The van der Waals surface area contributed by atoms with E-state index in [2.05, 4.69) is 27.0 Å². The summed E-state index contributed by atoms with van der Waals surface area (Å²) in [6.07, 6.45) is 5.70. The standard InChI is InChI=1S/C17H22N4O/c1-20(11-14-5-3-2-4-6-14)13-17(22)19-15-7-8-16-18-9-10-21(16)12-15/h2-6,9-10,15H,7-8,11-13H2,1H3,(H,19,22)/t15-/m1/s1. The van der Waals surface area contributed by atoms with Crippen LogP contribution in [0.25, 0.3) is 0 Å². The van der Waals surface area contributed by atoms with Crippen LogP contribution in [0, 0.1) is 0 Å². The van der Waals surface area contributed by atoms with E-state index in [1.165, 1.54) is 5.56 Å². The van der Waals surface area contributed by atoms with Crippen LogP contribution in [0.5, 0.6) is 0 Å². The van der Waals surface area contributed by atoms with E-state index in [1.807, 2.05) is 42.5 Å². The Labute approximate surface area is 131 Å². The lowest BCUT2D eigenvalue weighted by Crippen LogP contribution is -2.44. The van der Waals surface area contributed by atoms with Crippen molar-refractivity contribution in [1.29, 1.82) is 0 Å². The summed E-state index contributed by atoms with van der Waals surface area (Å²) in [7, 11) is 1.97. The highest BCUT2D eigenvalue weighted by Gasteiger charge is 2.20. The number of carbonyl (C=O) groups excluding carboxylic acids is 1. The second kappa shape index (κ2) is 6.75. The second-order valence-electron chi connectivity index (χ2n) is 5.96. The van der Waals surface area contributed by atoms with Crippen molar-refractivity contribution in [2.45, 2.75) is 32.0 Å². The number of benzene rings is 1. The maximum atomic E-state index is 12.2. The molecule has 1 N–H and O–H groups in total. The van der Waals surface area contributed by atoms with Crippen molar-refractivity contribution in [1.82, 2.24) is 19.8 Å². The minimum atomic E-state index is 0.0898. The van der Waals surface area contributed by atoms with Gasteiger partial charge in [0.25, 0.3) is 0 Å². The van der Waals surface area contributed by atoms with Crippen molar-refractivity contribution in [3.63, 3.8) is 0 Å². The minimum Gasteiger partial charge on any atom is -0.350 e. The van der Waals surface area contributed by atoms with Crippen molar-refractivity contribution in [3.8, 4) is 0 Å². The van der Waals surface area contributed by atoms with Gasteiger partial charge in [-0.1, -0.05) is 30.3 Å². The van der Waals surface area contributed by atoms with Gasteiger partial charge < -0.3 is 9.88 Å². The number of aromatic nitrogens is 2. The van der Waals surface area contributed by atoms with Crippen LogP contribution in [0.3, 0.4) is 0 Å². The molecule has 1 aliphatic rings. The number of hydrogen-bond donors (Lipinski definition) is 1. The quantitative estimate of drug-likeness (QED) is 0.909. The highest BCUT2D eigenvalue weighted by atomic mass is 16.2. The van der Waals surface area contributed by atoms with Crippen LogP contribution in [-0.2, 0) is 24.3 Å². The lowest BCUT2D eigenvalue weighted by molar-refractivity contribution is -0.123. The monoisotopic (exact) mass is 298 g/mol. The van der Waals surface area contributed by atoms with Gasteiger partial charge in [-0.3, -0.25) is 9.69 Å². The number of fused-ring (bicyclic) bond motifs is 1. The molecule has 1 atom stereocenters. The summed E-state index contributed by atoms with van der Waals surface area (Å²) in [6.45, 7) is 2.02. The van der Waals surface area contributed by atoms with Gasteiger partial charge in [0.2, 0.25) is 5.91 Å². The molecule has 0 spiro atoms. The molecular weight excluding hydrogens is 276 g/mol. The Morgan fingerprint density at radius 1 is 1.41 bits per heavy atom. The Balaban J connectivity index is 1.46. The summed E-state index contributed by atoms with van der Waals surface area (Å²) in [5.74, 6) is 1.21. The Morgan fingerprint density at radius 3 is 3.05 bits per heavy atom. The average molecular weight is 298 g/mol. The fourth-order valence-corrected chi connectivity index (χ4v) is 2.95. The molecule has 0 radical (unpaired) electrons. The van der Waals surface area contributed by atoms with E-state index >= 15 is 0 Å². The van der Waals surface area contributed by atoms with Crippen molar-refractivity contribution in [2.75, 3.05) is 13.6 Å². The van der Waals surface area contributed by atoms with Gasteiger partial charge in [-0.15, -0.1) is 0 Å². The molecule has 0 bridgehead atoms. The van der Waals surface area contributed by atoms with E-state index in [4.69, 9.17) is 0 Å². The molecule has 1 aliphatic heterocycles. The molecule has 1 amide bonds. The third-order valence-electron chi connectivity index (χ3n) is 4.01. The number of hydrogen-bond acceptors (Lipinski definition) is 3. The molecule has 0 saturated carbocycles. The second-order valence-corrected chi connectivity index (χ2v) is 5.96. The summed E-state index contributed by atoms with van der Waals surface area (Å²) in [5.41, 5.74) is 1.22. The van der Waals surface area contributed by atoms with Crippen LogP contribution >= 0.6 is 0 Å². The Bertz CT molecular complexity index is 623.